The van der Waals surface area contributed by atoms with Crippen LogP contribution in [0.15, 0.2) is 29.2 Å². The summed E-state index contributed by atoms with van der Waals surface area (Å²) >= 11 is 1.31. The molecule has 2 N–H and O–H groups in total. The van der Waals surface area contributed by atoms with Gasteiger partial charge in [0.25, 0.3) is 5.69 Å². The molecule has 0 heterocycles. The second kappa shape index (κ2) is 8.68. The normalized spacial score (nSPS) is 15.7. The molecular weight excluding hydrogens is 330 g/mol. The van der Waals surface area contributed by atoms with Crippen LogP contribution in [0.25, 0.3) is 0 Å². The van der Waals surface area contributed by atoms with E-state index < -0.39 is 11.0 Å². The van der Waals surface area contributed by atoms with Crippen molar-refractivity contribution in [3.05, 3.63) is 34.4 Å². The summed E-state index contributed by atoms with van der Waals surface area (Å²) in [5.41, 5.74) is 0.00600. The molecular formula is C16H21N3O4S. The number of rotatable bonds is 7. The molecule has 0 aromatic heterocycles. The number of nitrogens with zero attached hydrogens (tertiary/aromatic N) is 1. The van der Waals surface area contributed by atoms with Gasteiger partial charge in [0, 0.05) is 35.7 Å². The lowest BCUT2D eigenvalue weighted by Crippen LogP contribution is -2.50. The maximum atomic E-state index is 12.4. The second-order valence-corrected chi connectivity index (χ2v) is 6.90. The number of carbonyl (C=O) groups excluding carboxylic acids is 2. The molecule has 1 atom stereocenters. The van der Waals surface area contributed by atoms with Crippen molar-refractivity contribution < 1.29 is 14.5 Å². The Hall–Kier alpha value is -2.09. The Morgan fingerprint density at radius 1 is 1.38 bits per heavy atom. The van der Waals surface area contributed by atoms with E-state index in [0.29, 0.717) is 10.6 Å². The lowest BCUT2D eigenvalue weighted by Gasteiger charge is -2.20. The first-order valence-electron chi connectivity index (χ1n) is 7.90. The summed E-state index contributed by atoms with van der Waals surface area (Å²) in [4.78, 5) is 34.8. The Morgan fingerprint density at radius 2 is 2.08 bits per heavy atom. The van der Waals surface area contributed by atoms with Crippen molar-refractivity contribution in [2.75, 3.05) is 5.75 Å². The van der Waals surface area contributed by atoms with Gasteiger partial charge in [0.1, 0.15) is 6.04 Å². The fraction of sp³-hybridized carbons (Fsp3) is 0.500. The van der Waals surface area contributed by atoms with Crippen LogP contribution >= 0.6 is 11.8 Å². The van der Waals surface area contributed by atoms with E-state index in [9.17, 15) is 19.7 Å². The fourth-order valence-corrected chi connectivity index (χ4v) is 3.64. The zero-order valence-corrected chi connectivity index (χ0v) is 14.3. The van der Waals surface area contributed by atoms with Gasteiger partial charge < -0.3 is 10.6 Å². The van der Waals surface area contributed by atoms with Crippen molar-refractivity contribution in [2.24, 2.45) is 0 Å². The summed E-state index contributed by atoms with van der Waals surface area (Å²) in [5, 5.41) is 16.4. The lowest BCUT2D eigenvalue weighted by atomic mass is 10.2. The highest BCUT2D eigenvalue weighted by atomic mass is 32.2. The molecule has 1 aliphatic carbocycles. The molecule has 1 aromatic rings. The van der Waals surface area contributed by atoms with E-state index in [0.717, 1.165) is 25.7 Å². The minimum atomic E-state index is -0.660. The van der Waals surface area contributed by atoms with Crippen LogP contribution in [0.5, 0.6) is 0 Å². The van der Waals surface area contributed by atoms with Crippen LogP contribution in [0, 0.1) is 10.1 Å². The molecule has 1 aliphatic rings. The summed E-state index contributed by atoms with van der Waals surface area (Å²) in [6.07, 6.45) is 4.16. The van der Waals surface area contributed by atoms with Crippen molar-refractivity contribution >= 4 is 29.3 Å². The molecule has 0 spiro atoms. The van der Waals surface area contributed by atoms with E-state index in [1.165, 1.54) is 30.8 Å². The molecule has 8 heteroatoms. The molecule has 1 aromatic carbocycles. The minimum absolute atomic E-state index is 0.00600. The predicted octanol–water partition coefficient (Wildman–Crippen LogP) is 2.25. The van der Waals surface area contributed by atoms with Crippen LogP contribution in [-0.2, 0) is 9.59 Å². The van der Waals surface area contributed by atoms with Gasteiger partial charge in [-0.25, -0.2) is 0 Å². The van der Waals surface area contributed by atoms with Crippen LogP contribution in [-0.4, -0.2) is 34.6 Å². The first-order valence-corrected chi connectivity index (χ1v) is 8.89. The standard InChI is InChI=1S/C16H21N3O4S/c1-11(20)17-15(16(21)18-12-5-2-3-6-12)10-24-14-8-4-7-13(9-14)19(22)23/h4,7-9,12,15H,2-3,5-6,10H2,1H3,(H,17,20)(H,18,21). The van der Waals surface area contributed by atoms with Crippen molar-refractivity contribution in [3.8, 4) is 0 Å². The first kappa shape index (κ1) is 18.3. The van der Waals surface area contributed by atoms with Crippen molar-refractivity contribution in [1.82, 2.24) is 10.6 Å². The Bertz CT molecular complexity index is 617. The molecule has 0 bridgehead atoms. The smallest absolute Gasteiger partial charge is 0.270 e. The molecule has 7 nitrogen and oxygen atoms in total. The van der Waals surface area contributed by atoms with Crippen LogP contribution in [0.2, 0.25) is 0 Å². The van der Waals surface area contributed by atoms with Crippen molar-refractivity contribution in [2.45, 2.75) is 49.6 Å². The molecule has 0 saturated heterocycles. The number of hydrogen-bond donors (Lipinski definition) is 2. The summed E-state index contributed by atoms with van der Waals surface area (Å²) in [6, 6.07) is 5.75. The number of non-ortho nitro benzene ring substituents is 1. The van der Waals surface area contributed by atoms with E-state index in [2.05, 4.69) is 10.6 Å². The Balaban J connectivity index is 1.97. The average Bonchev–Trinajstić information content (AvgIpc) is 3.04. The SMILES string of the molecule is CC(=O)NC(CSc1cccc([N+](=O)[O-])c1)C(=O)NC1CCCC1. The lowest BCUT2D eigenvalue weighted by molar-refractivity contribution is -0.385. The number of nitro benzene ring substituents is 1. The van der Waals surface area contributed by atoms with Gasteiger partial charge in [0.15, 0.2) is 0 Å². The van der Waals surface area contributed by atoms with Crippen LogP contribution in [0.4, 0.5) is 5.69 Å². The number of hydrogen-bond acceptors (Lipinski definition) is 5. The molecule has 2 amide bonds. The van der Waals surface area contributed by atoms with Gasteiger partial charge in [-0.15, -0.1) is 11.8 Å². The molecule has 1 saturated carbocycles. The quantitative estimate of drug-likeness (QED) is 0.446. The van der Waals surface area contributed by atoms with Gasteiger partial charge in [-0.2, -0.15) is 0 Å². The highest BCUT2D eigenvalue weighted by molar-refractivity contribution is 7.99. The highest BCUT2D eigenvalue weighted by Crippen LogP contribution is 2.24. The summed E-state index contributed by atoms with van der Waals surface area (Å²) < 4.78 is 0. The third kappa shape index (κ3) is 5.52. The zero-order valence-electron chi connectivity index (χ0n) is 13.5. The predicted molar refractivity (Wildman–Crippen MR) is 91.8 cm³/mol. The molecule has 130 valence electrons. The number of carbonyl (C=O) groups is 2. The Morgan fingerprint density at radius 3 is 2.71 bits per heavy atom. The number of nitro groups is 1. The Labute approximate surface area is 144 Å². The number of amides is 2. The molecule has 2 rings (SSSR count). The average molecular weight is 351 g/mol. The van der Waals surface area contributed by atoms with Gasteiger partial charge in [-0.3, -0.25) is 19.7 Å². The van der Waals surface area contributed by atoms with Gasteiger partial charge in [-0.05, 0) is 18.9 Å². The topological polar surface area (TPSA) is 101 Å². The van der Waals surface area contributed by atoms with Crippen molar-refractivity contribution in [1.29, 1.82) is 0 Å². The highest BCUT2D eigenvalue weighted by Gasteiger charge is 2.24. The van der Waals surface area contributed by atoms with E-state index in [1.54, 1.807) is 12.1 Å². The number of thioether (sulfide) groups is 1. The van der Waals surface area contributed by atoms with E-state index in [1.807, 2.05) is 0 Å². The minimum Gasteiger partial charge on any atom is -0.352 e. The van der Waals surface area contributed by atoms with Crippen molar-refractivity contribution in [3.63, 3.8) is 0 Å². The monoisotopic (exact) mass is 351 g/mol. The van der Waals surface area contributed by atoms with E-state index in [4.69, 9.17) is 0 Å². The van der Waals surface area contributed by atoms with Gasteiger partial charge >= 0.3 is 0 Å². The molecule has 0 radical (unpaired) electrons. The third-order valence-corrected chi connectivity index (χ3v) is 4.93. The second-order valence-electron chi connectivity index (χ2n) is 5.81. The van der Waals surface area contributed by atoms with Gasteiger partial charge in [0.2, 0.25) is 11.8 Å². The largest absolute Gasteiger partial charge is 0.352 e. The number of nitrogens with one attached hydrogen (secondary N) is 2. The molecule has 1 fully saturated rings. The zero-order chi connectivity index (χ0) is 17.5. The maximum Gasteiger partial charge on any atom is 0.270 e. The molecule has 0 aliphatic heterocycles. The summed E-state index contributed by atoms with van der Waals surface area (Å²) in [7, 11) is 0. The van der Waals surface area contributed by atoms with Crippen LogP contribution < -0.4 is 10.6 Å². The van der Waals surface area contributed by atoms with Gasteiger partial charge in [0.05, 0.1) is 4.92 Å². The molecule has 1 unspecified atom stereocenters. The Kier molecular flexibility index (Phi) is 6.60. The molecule has 24 heavy (non-hydrogen) atoms. The number of benzene rings is 1. The van der Waals surface area contributed by atoms with E-state index in [-0.39, 0.29) is 23.5 Å². The maximum absolute atomic E-state index is 12.4. The van der Waals surface area contributed by atoms with Crippen LogP contribution in [0.1, 0.15) is 32.6 Å². The van der Waals surface area contributed by atoms with Gasteiger partial charge in [-0.1, -0.05) is 18.9 Å². The fourth-order valence-electron chi connectivity index (χ4n) is 2.67. The third-order valence-electron chi connectivity index (χ3n) is 3.84. The summed E-state index contributed by atoms with van der Waals surface area (Å²) in [5.74, 6) is -0.157. The van der Waals surface area contributed by atoms with E-state index >= 15 is 0 Å². The summed E-state index contributed by atoms with van der Waals surface area (Å²) in [6.45, 7) is 1.37. The first-order chi connectivity index (χ1) is 11.5. The van der Waals surface area contributed by atoms with Crippen LogP contribution in [0.3, 0.4) is 0 Å².